The molecule has 1 aromatic carbocycles. The number of aromatic amines is 1. The topological polar surface area (TPSA) is 87.3 Å². The van der Waals surface area contributed by atoms with Gasteiger partial charge in [0.15, 0.2) is 0 Å². The Hall–Kier alpha value is -2.83. The van der Waals surface area contributed by atoms with Gasteiger partial charge in [0.1, 0.15) is 17.7 Å². The highest BCUT2D eigenvalue weighted by Gasteiger charge is 2.35. The second-order valence-electron chi connectivity index (χ2n) is 7.64. The summed E-state index contributed by atoms with van der Waals surface area (Å²) < 4.78 is 6.04. The molecule has 0 atom stereocenters. The Balaban J connectivity index is 1.24. The number of H-pyrrole nitrogens is 1. The molecule has 2 aliphatic rings. The number of carbonyl (C=O) groups is 2. The molecule has 0 radical (unpaired) electrons. The van der Waals surface area contributed by atoms with Gasteiger partial charge in [-0.05, 0) is 44.0 Å². The zero-order valence-electron chi connectivity index (χ0n) is 16.1. The third kappa shape index (κ3) is 4.52. The van der Waals surface area contributed by atoms with E-state index in [-0.39, 0.29) is 17.9 Å². The minimum absolute atomic E-state index is 0.116. The molecule has 1 saturated heterocycles. The molecular formula is C21H26N4O3. The molecule has 0 spiro atoms. The van der Waals surface area contributed by atoms with Crippen LogP contribution in [0, 0.1) is 12.8 Å². The molecule has 7 nitrogen and oxygen atoms in total. The fourth-order valence-electron chi connectivity index (χ4n) is 3.48. The Bertz CT molecular complexity index is 834. The minimum Gasteiger partial charge on any atom is -0.490 e. The average molecular weight is 382 g/mol. The zero-order valence-corrected chi connectivity index (χ0v) is 16.1. The van der Waals surface area contributed by atoms with Crippen molar-refractivity contribution >= 4 is 11.8 Å². The maximum absolute atomic E-state index is 12.3. The van der Waals surface area contributed by atoms with Gasteiger partial charge >= 0.3 is 0 Å². The van der Waals surface area contributed by atoms with E-state index in [0.717, 1.165) is 56.0 Å². The van der Waals surface area contributed by atoms with Gasteiger partial charge in [-0.2, -0.15) is 0 Å². The minimum atomic E-state index is -0.146. The number of hydrogen-bond donors (Lipinski definition) is 2. The number of amides is 2. The van der Waals surface area contributed by atoms with Gasteiger partial charge in [-0.1, -0.05) is 0 Å². The molecule has 0 unspecified atom stereocenters. The Kier molecular flexibility index (Phi) is 5.32. The number of piperidine rings is 1. The predicted octanol–water partition coefficient (Wildman–Crippen LogP) is 2.43. The van der Waals surface area contributed by atoms with Gasteiger partial charge in [0, 0.05) is 49.3 Å². The Morgan fingerprint density at radius 1 is 1.18 bits per heavy atom. The molecule has 28 heavy (non-hydrogen) atoms. The number of nitrogens with one attached hydrogen (secondary N) is 2. The zero-order chi connectivity index (χ0) is 19.5. The van der Waals surface area contributed by atoms with Crippen LogP contribution >= 0.6 is 0 Å². The number of ether oxygens (including phenoxy) is 1. The van der Waals surface area contributed by atoms with Crippen molar-refractivity contribution in [2.75, 3.05) is 13.1 Å². The largest absolute Gasteiger partial charge is 0.490 e. The smallest absolute Gasteiger partial charge is 0.251 e. The van der Waals surface area contributed by atoms with Crippen LogP contribution in [0.3, 0.4) is 0 Å². The van der Waals surface area contributed by atoms with Gasteiger partial charge < -0.3 is 19.9 Å². The molecule has 2 heterocycles. The van der Waals surface area contributed by atoms with Crippen LogP contribution in [0.5, 0.6) is 5.75 Å². The van der Waals surface area contributed by atoms with Crippen LogP contribution in [-0.2, 0) is 11.3 Å². The third-order valence-corrected chi connectivity index (χ3v) is 5.27. The standard InChI is InChI=1S/C21H26N4O3/c1-14-12-22-19(24-14)13-23-20(26)15-4-6-17(7-5-15)28-18-8-10-25(11-9-18)21(27)16-2-3-16/h4-7,12,16,18H,2-3,8-11,13H2,1H3,(H,22,24)(H,23,26). The summed E-state index contributed by atoms with van der Waals surface area (Å²) in [6.45, 7) is 3.83. The summed E-state index contributed by atoms with van der Waals surface area (Å²) in [5.74, 6) is 1.95. The fraction of sp³-hybridized carbons (Fsp3) is 0.476. The third-order valence-electron chi connectivity index (χ3n) is 5.27. The Morgan fingerprint density at radius 3 is 2.50 bits per heavy atom. The summed E-state index contributed by atoms with van der Waals surface area (Å²) in [6, 6.07) is 7.19. The lowest BCUT2D eigenvalue weighted by atomic mass is 10.1. The second kappa shape index (κ2) is 8.04. The van der Waals surface area contributed by atoms with Crippen molar-refractivity contribution in [2.45, 2.75) is 45.3 Å². The summed E-state index contributed by atoms with van der Waals surface area (Å²) in [5.41, 5.74) is 1.55. The summed E-state index contributed by atoms with van der Waals surface area (Å²) in [5, 5.41) is 2.85. The molecule has 1 aliphatic heterocycles. The number of rotatable bonds is 6. The van der Waals surface area contributed by atoms with Crippen LogP contribution in [-0.4, -0.2) is 45.9 Å². The van der Waals surface area contributed by atoms with E-state index >= 15 is 0 Å². The van der Waals surface area contributed by atoms with Crippen LogP contribution in [0.1, 0.15) is 47.6 Å². The van der Waals surface area contributed by atoms with Crippen LogP contribution in [0.25, 0.3) is 0 Å². The van der Waals surface area contributed by atoms with E-state index < -0.39 is 0 Å². The first-order valence-corrected chi connectivity index (χ1v) is 9.92. The van der Waals surface area contributed by atoms with Crippen LogP contribution in [0.15, 0.2) is 30.5 Å². The molecule has 7 heteroatoms. The summed E-state index contributed by atoms with van der Waals surface area (Å²) in [6.07, 6.45) is 5.66. The second-order valence-corrected chi connectivity index (χ2v) is 7.64. The van der Waals surface area contributed by atoms with E-state index in [2.05, 4.69) is 15.3 Å². The summed E-state index contributed by atoms with van der Waals surface area (Å²) in [4.78, 5) is 33.6. The van der Waals surface area contributed by atoms with Gasteiger partial charge in [-0.15, -0.1) is 0 Å². The van der Waals surface area contributed by atoms with E-state index in [0.29, 0.717) is 18.0 Å². The summed E-state index contributed by atoms with van der Waals surface area (Å²) in [7, 11) is 0. The number of benzene rings is 1. The molecule has 2 amide bonds. The first-order chi connectivity index (χ1) is 13.6. The van der Waals surface area contributed by atoms with Crippen molar-refractivity contribution in [3.05, 3.63) is 47.5 Å². The summed E-state index contributed by atoms with van der Waals surface area (Å²) >= 11 is 0. The lowest BCUT2D eigenvalue weighted by molar-refractivity contribution is -0.134. The molecule has 148 valence electrons. The van der Waals surface area contributed by atoms with Crippen molar-refractivity contribution in [1.82, 2.24) is 20.2 Å². The molecule has 2 aromatic rings. The molecule has 2 fully saturated rings. The molecule has 1 aromatic heterocycles. The highest BCUT2D eigenvalue weighted by Crippen LogP contribution is 2.32. The normalized spacial score (nSPS) is 17.4. The van der Waals surface area contributed by atoms with Gasteiger partial charge in [-0.25, -0.2) is 4.98 Å². The lowest BCUT2D eigenvalue weighted by Crippen LogP contribution is -2.42. The van der Waals surface area contributed by atoms with Gasteiger partial charge in [0.2, 0.25) is 5.91 Å². The molecule has 4 rings (SSSR count). The first-order valence-electron chi connectivity index (χ1n) is 9.92. The Morgan fingerprint density at radius 2 is 1.89 bits per heavy atom. The van der Waals surface area contributed by atoms with Gasteiger partial charge in [-0.3, -0.25) is 9.59 Å². The van der Waals surface area contributed by atoms with Crippen molar-refractivity contribution in [2.24, 2.45) is 5.92 Å². The van der Waals surface area contributed by atoms with Crippen molar-refractivity contribution in [3.63, 3.8) is 0 Å². The van der Waals surface area contributed by atoms with Crippen LogP contribution in [0.4, 0.5) is 0 Å². The quantitative estimate of drug-likeness (QED) is 0.803. The highest BCUT2D eigenvalue weighted by molar-refractivity contribution is 5.94. The highest BCUT2D eigenvalue weighted by atomic mass is 16.5. The maximum Gasteiger partial charge on any atom is 0.251 e. The predicted molar refractivity (Wildman–Crippen MR) is 104 cm³/mol. The molecule has 1 aliphatic carbocycles. The monoisotopic (exact) mass is 382 g/mol. The number of carbonyl (C=O) groups excluding carboxylic acids is 2. The van der Waals surface area contributed by atoms with E-state index in [9.17, 15) is 9.59 Å². The number of imidazole rings is 1. The molecule has 1 saturated carbocycles. The van der Waals surface area contributed by atoms with E-state index in [1.807, 2.05) is 24.0 Å². The molecular weight excluding hydrogens is 356 g/mol. The fourth-order valence-corrected chi connectivity index (χ4v) is 3.48. The SMILES string of the molecule is Cc1cnc(CNC(=O)c2ccc(OC3CCN(C(=O)C4CC4)CC3)cc2)[nH]1. The van der Waals surface area contributed by atoms with Gasteiger partial charge in [0.05, 0.1) is 6.54 Å². The van der Waals surface area contributed by atoms with E-state index in [1.54, 1.807) is 18.3 Å². The molecule has 2 N–H and O–H groups in total. The lowest BCUT2D eigenvalue weighted by Gasteiger charge is -2.32. The van der Waals surface area contributed by atoms with Crippen molar-refractivity contribution in [1.29, 1.82) is 0 Å². The average Bonchev–Trinajstić information content (AvgIpc) is 3.48. The van der Waals surface area contributed by atoms with Gasteiger partial charge in [0.25, 0.3) is 5.91 Å². The van der Waals surface area contributed by atoms with Crippen molar-refractivity contribution in [3.8, 4) is 5.75 Å². The van der Waals surface area contributed by atoms with E-state index in [4.69, 9.17) is 4.74 Å². The maximum atomic E-state index is 12.3. The number of aryl methyl sites for hydroxylation is 1. The van der Waals surface area contributed by atoms with Crippen LogP contribution in [0.2, 0.25) is 0 Å². The number of likely N-dealkylation sites (tertiary alicyclic amines) is 1. The first kappa shape index (κ1) is 18.5. The number of hydrogen-bond acceptors (Lipinski definition) is 4. The van der Waals surface area contributed by atoms with Crippen molar-refractivity contribution < 1.29 is 14.3 Å². The van der Waals surface area contributed by atoms with E-state index in [1.165, 1.54) is 0 Å². The van der Waals surface area contributed by atoms with Crippen LogP contribution < -0.4 is 10.1 Å². The Labute approximate surface area is 164 Å². The number of nitrogens with zero attached hydrogens (tertiary/aromatic N) is 2. The number of aromatic nitrogens is 2. The molecule has 0 bridgehead atoms.